The van der Waals surface area contributed by atoms with Crippen LogP contribution in [0.3, 0.4) is 0 Å². The van der Waals surface area contributed by atoms with Crippen LogP contribution in [0.2, 0.25) is 5.15 Å². The van der Waals surface area contributed by atoms with Crippen molar-refractivity contribution in [2.45, 2.75) is 33.3 Å². The van der Waals surface area contributed by atoms with E-state index in [0.29, 0.717) is 5.69 Å². The van der Waals surface area contributed by atoms with Crippen molar-refractivity contribution in [3.05, 3.63) is 16.9 Å². The molecule has 0 fully saturated rings. The Morgan fingerprint density at radius 2 is 2.06 bits per heavy atom. The molecule has 16 heavy (non-hydrogen) atoms. The topological polar surface area (TPSA) is 64.1 Å². The lowest BCUT2D eigenvalue weighted by atomic mass is 10.2. The highest BCUT2D eigenvalue weighted by Crippen LogP contribution is 2.12. The molecular formula is C10H14ClN3O2. The van der Waals surface area contributed by atoms with Gasteiger partial charge in [-0.25, -0.2) is 14.8 Å². The van der Waals surface area contributed by atoms with Gasteiger partial charge >= 0.3 is 6.09 Å². The van der Waals surface area contributed by atoms with Gasteiger partial charge in [-0.2, -0.15) is 0 Å². The number of carbonyl (C=O) groups excluding carboxylic acids is 1. The normalized spacial score (nSPS) is 11.1. The molecule has 5 nitrogen and oxygen atoms in total. The highest BCUT2D eigenvalue weighted by atomic mass is 35.5. The summed E-state index contributed by atoms with van der Waals surface area (Å²) in [6.07, 6.45) is -0.603. The number of aromatic nitrogens is 2. The number of aryl methyl sites for hydroxylation is 1. The highest BCUT2D eigenvalue weighted by Gasteiger charge is 2.17. The molecule has 0 saturated carbocycles. The lowest BCUT2D eigenvalue weighted by molar-refractivity contribution is 0.0634. The molecule has 0 aromatic carbocycles. The summed E-state index contributed by atoms with van der Waals surface area (Å²) in [5.74, 6) is 0.138. The van der Waals surface area contributed by atoms with Gasteiger partial charge < -0.3 is 4.74 Å². The van der Waals surface area contributed by atoms with Gasteiger partial charge in [-0.15, -0.1) is 0 Å². The van der Waals surface area contributed by atoms with Crippen LogP contribution in [0.15, 0.2) is 6.07 Å². The minimum absolute atomic E-state index is 0.138. The molecule has 6 heteroatoms. The SMILES string of the molecule is Cc1cc(Cl)nc(NC(=O)OC(C)(C)C)n1. The van der Waals surface area contributed by atoms with Crippen LogP contribution in [-0.2, 0) is 4.74 Å². The van der Waals surface area contributed by atoms with Crippen molar-refractivity contribution in [3.8, 4) is 0 Å². The van der Waals surface area contributed by atoms with Gasteiger partial charge in [0.15, 0.2) is 0 Å². The standard InChI is InChI=1S/C10H14ClN3O2/c1-6-5-7(11)13-8(12-6)14-9(15)16-10(2,3)4/h5H,1-4H3,(H,12,13,14,15). The van der Waals surface area contributed by atoms with Crippen molar-refractivity contribution in [1.82, 2.24) is 9.97 Å². The number of nitrogens with zero attached hydrogens (tertiary/aromatic N) is 2. The van der Waals surface area contributed by atoms with Crippen LogP contribution < -0.4 is 5.32 Å². The van der Waals surface area contributed by atoms with Crippen LogP contribution in [-0.4, -0.2) is 21.7 Å². The van der Waals surface area contributed by atoms with Gasteiger partial charge in [0, 0.05) is 5.69 Å². The number of hydrogen-bond acceptors (Lipinski definition) is 4. The Balaban J connectivity index is 2.70. The molecule has 1 N–H and O–H groups in total. The molecule has 0 aliphatic rings. The number of anilines is 1. The predicted molar refractivity (Wildman–Crippen MR) is 61.6 cm³/mol. The Labute approximate surface area is 99.2 Å². The van der Waals surface area contributed by atoms with E-state index in [4.69, 9.17) is 16.3 Å². The van der Waals surface area contributed by atoms with Gasteiger partial charge in [-0.05, 0) is 33.8 Å². The van der Waals surface area contributed by atoms with E-state index in [-0.39, 0.29) is 11.1 Å². The van der Waals surface area contributed by atoms with Crippen LogP contribution in [0.1, 0.15) is 26.5 Å². The van der Waals surface area contributed by atoms with E-state index in [1.165, 1.54) is 0 Å². The molecule has 0 atom stereocenters. The molecule has 0 aliphatic carbocycles. The molecule has 1 rings (SSSR count). The number of carbonyl (C=O) groups is 1. The summed E-state index contributed by atoms with van der Waals surface area (Å²) in [6, 6.07) is 1.60. The number of hydrogen-bond donors (Lipinski definition) is 1. The summed E-state index contributed by atoms with van der Waals surface area (Å²) in [5.41, 5.74) is 0.114. The van der Waals surface area contributed by atoms with Crippen LogP contribution in [0.5, 0.6) is 0 Å². The molecule has 1 aromatic heterocycles. The van der Waals surface area contributed by atoms with Crippen LogP contribution in [0.25, 0.3) is 0 Å². The molecule has 0 bridgehead atoms. The van der Waals surface area contributed by atoms with E-state index in [2.05, 4.69) is 15.3 Å². The number of amides is 1. The Hall–Kier alpha value is -1.36. The summed E-state index contributed by atoms with van der Waals surface area (Å²) in [7, 11) is 0. The van der Waals surface area contributed by atoms with Gasteiger partial charge in [-0.3, -0.25) is 5.32 Å². The minimum Gasteiger partial charge on any atom is -0.444 e. The lowest BCUT2D eigenvalue weighted by Crippen LogP contribution is -2.27. The first-order valence-electron chi connectivity index (χ1n) is 4.77. The highest BCUT2D eigenvalue weighted by molar-refractivity contribution is 6.29. The van der Waals surface area contributed by atoms with Crippen LogP contribution >= 0.6 is 11.6 Å². The maximum Gasteiger partial charge on any atom is 0.414 e. The fourth-order valence-electron chi connectivity index (χ4n) is 0.981. The van der Waals surface area contributed by atoms with Gasteiger partial charge in [-0.1, -0.05) is 11.6 Å². The molecule has 1 heterocycles. The van der Waals surface area contributed by atoms with Crippen molar-refractivity contribution >= 4 is 23.6 Å². The summed E-state index contributed by atoms with van der Waals surface area (Å²) in [4.78, 5) is 19.2. The number of nitrogens with one attached hydrogen (secondary N) is 1. The van der Waals surface area contributed by atoms with Gasteiger partial charge in [0.1, 0.15) is 10.8 Å². The largest absolute Gasteiger partial charge is 0.444 e. The van der Waals surface area contributed by atoms with Crippen molar-refractivity contribution in [2.75, 3.05) is 5.32 Å². The maximum atomic E-state index is 11.4. The summed E-state index contributed by atoms with van der Waals surface area (Å²) in [6.45, 7) is 7.08. The average molecular weight is 244 g/mol. The second-order valence-corrected chi connectivity index (χ2v) is 4.67. The molecule has 0 aliphatic heterocycles. The zero-order chi connectivity index (χ0) is 12.3. The van der Waals surface area contributed by atoms with Crippen molar-refractivity contribution in [2.24, 2.45) is 0 Å². The fraction of sp³-hybridized carbons (Fsp3) is 0.500. The second-order valence-electron chi connectivity index (χ2n) is 4.28. The quantitative estimate of drug-likeness (QED) is 0.771. The van der Waals surface area contributed by atoms with E-state index in [1.54, 1.807) is 33.8 Å². The van der Waals surface area contributed by atoms with Crippen molar-refractivity contribution in [3.63, 3.8) is 0 Å². The predicted octanol–water partition coefficient (Wildman–Crippen LogP) is 2.79. The van der Waals surface area contributed by atoms with E-state index in [0.717, 1.165) is 0 Å². The Morgan fingerprint density at radius 3 is 2.56 bits per heavy atom. The zero-order valence-electron chi connectivity index (χ0n) is 9.67. The first-order chi connectivity index (χ1) is 7.26. The van der Waals surface area contributed by atoms with Crippen LogP contribution in [0, 0.1) is 6.92 Å². The number of halogens is 1. The first-order valence-corrected chi connectivity index (χ1v) is 5.15. The molecule has 0 radical (unpaired) electrons. The van der Waals surface area contributed by atoms with Crippen molar-refractivity contribution < 1.29 is 9.53 Å². The monoisotopic (exact) mass is 243 g/mol. The van der Waals surface area contributed by atoms with Crippen LogP contribution in [0.4, 0.5) is 10.7 Å². The number of rotatable bonds is 1. The molecule has 1 amide bonds. The van der Waals surface area contributed by atoms with E-state index < -0.39 is 11.7 Å². The molecule has 88 valence electrons. The third kappa shape index (κ3) is 4.44. The fourth-order valence-corrected chi connectivity index (χ4v) is 1.22. The molecule has 0 unspecified atom stereocenters. The summed E-state index contributed by atoms with van der Waals surface area (Å²) < 4.78 is 5.05. The average Bonchev–Trinajstić information content (AvgIpc) is 1.96. The van der Waals surface area contributed by atoms with E-state index in [1.807, 2.05) is 0 Å². The lowest BCUT2D eigenvalue weighted by Gasteiger charge is -2.19. The number of ether oxygens (including phenoxy) is 1. The van der Waals surface area contributed by atoms with Gasteiger partial charge in [0.05, 0.1) is 0 Å². The third-order valence-electron chi connectivity index (χ3n) is 1.44. The first kappa shape index (κ1) is 12.7. The molecule has 0 spiro atoms. The molecular weight excluding hydrogens is 230 g/mol. The van der Waals surface area contributed by atoms with Crippen molar-refractivity contribution in [1.29, 1.82) is 0 Å². The third-order valence-corrected chi connectivity index (χ3v) is 1.63. The molecule has 1 aromatic rings. The Kier molecular flexibility index (Phi) is 3.70. The minimum atomic E-state index is -0.603. The summed E-state index contributed by atoms with van der Waals surface area (Å²) in [5, 5.41) is 2.69. The molecule has 0 saturated heterocycles. The van der Waals surface area contributed by atoms with Gasteiger partial charge in [0.2, 0.25) is 5.95 Å². The second kappa shape index (κ2) is 4.65. The van der Waals surface area contributed by atoms with E-state index in [9.17, 15) is 4.79 Å². The zero-order valence-corrected chi connectivity index (χ0v) is 10.4. The van der Waals surface area contributed by atoms with E-state index >= 15 is 0 Å². The Bertz CT molecular complexity index is 381. The summed E-state index contributed by atoms with van der Waals surface area (Å²) >= 11 is 5.72. The maximum absolute atomic E-state index is 11.4. The Morgan fingerprint density at radius 1 is 1.44 bits per heavy atom. The smallest absolute Gasteiger partial charge is 0.414 e. The van der Waals surface area contributed by atoms with Gasteiger partial charge in [0.25, 0.3) is 0 Å².